The van der Waals surface area contributed by atoms with Crippen LogP contribution < -0.4 is 20.3 Å². The number of ether oxygens (including phenoxy) is 1. The van der Waals surface area contributed by atoms with Crippen LogP contribution in [0.25, 0.3) is 0 Å². The minimum atomic E-state index is -0.418. The van der Waals surface area contributed by atoms with Crippen molar-refractivity contribution in [3.05, 3.63) is 87.9 Å². The van der Waals surface area contributed by atoms with Gasteiger partial charge in [-0.05, 0) is 59.5 Å². The van der Waals surface area contributed by atoms with Gasteiger partial charge in [-0.3, -0.25) is 14.4 Å². The molecule has 7 nitrogen and oxygen atoms in total. The summed E-state index contributed by atoms with van der Waals surface area (Å²) in [5.74, 6) is -0.0925. The maximum absolute atomic E-state index is 12.7. The topological polar surface area (TPSA) is 87.7 Å². The molecule has 198 valence electrons. The number of benzene rings is 3. The Morgan fingerprint density at radius 1 is 1.00 bits per heavy atom. The molecule has 0 aliphatic carbocycles. The van der Waals surface area contributed by atoms with E-state index >= 15 is 0 Å². The Balaban J connectivity index is 1.25. The normalized spacial score (nSPS) is 15.0. The number of halogens is 2. The molecular weight excluding hydrogens is 525 g/mol. The molecule has 1 heterocycles. The number of carbonyl (C=O) groups excluding carboxylic acids is 3. The van der Waals surface area contributed by atoms with Gasteiger partial charge in [0.2, 0.25) is 11.8 Å². The number of rotatable bonds is 9. The number of anilines is 2. The molecule has 3 aromatic carbocycles. The molecule has 0 bridgehead atoms. The minimum Gasteiger partial charge on any atom is -0.484 e. The summed E-state index contributed by atoms with van der Waals surface area (Å²) in [7, 11) is 0. The summed E-state index contributed by atoms with van der Waals surface area (Å²) >= 11 is 11.9. The van der Waals surface area contributed by atoms with E-state index in [1.807, 2.05) is 12.1 Å². The molecule has 0 radical (unpaired) electrons. The van der Waals surface area contributed by atoms with Crippen molar-refractivity contribution in [1.82, 2.24) is 5.32 Å². The zero-order valence-electron chi connectivity index (χ0n) is 21.2. The Morgan fingerprint density at radius 2 is 1.71 bits per heavy atom. The maximum atomic E-state index is 12.7. The summed E-state index contributed by atoms with van der Waals surface area (Å²) in [6, 6.07) is 19.8. The molecule has 3 aromatic rings. The van der Waals surface area contributed by atoms with Gasteiger partial charge in [-0.2, -0.15) is 0 Å². The molecule has 1 aliphatic heterocycles. The fourth-order valence-corrected chi connectivity index (χ4v) is 4.43. The molecule has 9 heteroatoms. The van der Waals surface area contributed by atoms with E-state index < -0.39 is 5.92 Å². The SMILES string of the molecule is CC(C)c1ccc(CNC(=O)[C@H]2CC(=O)N(c3ccc(OCC(=O)Nc4ccc(Cl)c(Cl)c4)cc3)C2)cc1. The quantitative estimate of drug-likeness (QED) is 0.350. The van der Waals surface area contributed by atoms with Crippen molar-refractivity contribution in [1.29, 1.82) is 0 Å². The monoisotopic (exact) mass is 553 g/mol. The molecular formula is C29H29Cl2N3O4. The van der Waals surface area contributed by atoms with Crippen molar-refractivity contribution in [3.8, 4) is 5.75 Å². The predicted octanol–water partition coefficient (Wildman–Crippen LogP) is 5.80. The van der Waals surface area contributed by atoms with E-state index in [4.69, 9.17) is 27.9 Å². The molecule has 0 unspecified atom stereocenters. The molecule has 38 heavy (non-hydrogen) atoms. The largest absolute Gasteiger partial charge is 0.484 e. The Bertz CT molecular complexity index is 1310. The van der Waals surface area contributed by atoms with Gasteiger partial charge in [0.1, 0.15) is 5.75 Å². The van der Waals surface area contributed by atoms with Crippen LogP contribution in [0.5, 0.6) is 5.75 Å². The summed E-state index contributed by atoms with van der Waals surface area (Å²) < 4.78 is 5.55. The Hall–Kier alpha value is -3.55. The van der Waals surface area contributed by atoms with Gasteiger partial charge in [0.25, 0.3) is 5.91 Å². The molecule has 1 fully saturated rings. The second kappa shape index (κ2) is 12.3. The molecule has 0 aromatic heterocycles. The molecule has 3 amide bonds. The lowest BCUT2D eigenvalue weighted by molar-refractivity contribution is -0.126. The standard InChI is InChI=1S/C29H29Cl2N3O4/c1-18(2)20-5-3-19(4-6-20)15-32-29(37)21-13-28(36)34(16-21)23-8-10-24(11-9-23)38-17-27(35)33-22-7-12-25(30)26(31)14-22/h3-12,14,18,21H,13,15-17H2,1-2H3,(H,32,37)(H,33,35)/t21-/m0/s1. The summed E-state index contributed by atoms with van der Waals surface area (Å²) in [6.07, 6.45) is 0.158. The third-order valence-corrected chi connectivity index (χ3v) is 7.07. The highest BCUT2D eigenvalue weighted by atomic mass is 35.5. The van der Waals surface area contributed by atoms with E-state index in [1.54, 1.807) is 47.4 Å². The first-order chi connectivity index (χ1) is 18.2. The Morgan fingerprint density at radius 3 is 2.37 bits per heavy atom. The average molecular weight is 554 g/mol. The van der Waals surface area contributed by atoms with Gasteiger partial charge in [-0.15, -0.1) is 0 Å². The van der Waals surface area contributed by atoms with Crippen LogP contribution in [0.4, 0.5) is 11.4 Å². The lowest BCUT2D eigenvalue weighted by Crippen LogP contribution is -2.32. The second-order valence-electron chi connectivity index (χ2n) is 9.48. The van der Waals surface area contributed by atoms with E-state index in [0.717, 1.165) is 5.56 Å². The van der Waals surface area contributed by atoms with Gasteiger partial charge in [0.15, 0.2) is 6.61 Å². The maximum Gasteiger partial charge on any atom is 0.262 e. The van der Waals surface area contributed by atoms with Crippen molar-refractivity contribution in [3.63, 3.8) is 0 Å². The average Bonchev–Trinajstić information content (AvgIpc) is 3.30. The van der Waals surface area contributed by atoms with Crippen LogP contribution in [0.1, 0.15) is 37.3 Å². The van der Waals surface area contributed by atoms with Gasteiger partial charge in [0, 0.05) is 30.9 Å². The van der Waals surface area contributed by atoms with Gasteiger partial charge in [-0.1, -0.05) is 61.3 Å². The third kappa shape index (κ3) is 7.05. The number of hydrogen-bond acceptors (Lipinski definition) is 4. The van der Waals surface area contributed by atoms with Crippen LogP contribution >= 0.6 is 23.2 Å². The number of hydrogen-bond donors (Lipinski definition) is 2. The van der Waals surface area contributed by atoms with Crippen molar-refractivity contribution in [2.24, 2.45) is 5.92 Å². The van der Waals surface area contributed by atoms with Crippen molar-refractivity contribution in [2.75, 3.05) is 23.4 Å². The Labute approximate surface area is 232 Å². The van der Waals surface area contributed by atoms with E-state index in [2.05, 4.69) is 36.6 Å². The van der Waals surface area contributed by atoms with Crippen molar-refractivity contribution < 1.29 is 19.1 Å². The highest BCUT2D eigenvalue weighted by molar-refractivity contribution is 6.42. The highest BCUT2D eigenvalue weighted by Crippen LogP contribution is 2.28. The van der Waals surface area contributed by atoms with Crippen molar-refractivity contribution in [2.45, 2.75) is 32.7 Å². The summed E-state index contributed by atoms with van der Waals surface area (Å²) in [6.45, 7) is 4.81. The van der Waals surface area contributed by atoms with Gasteiger partial charge < -0.3 is 20.3 Å². The van der Waals surface area contributed by atoms with E-state index in [1.165, 1.54) is 5.56 Å². The van der Waals surface area contributed by atoms with Crippen LogP contribution in [0.3, 0.4) is 0 Å². The highest BCUT2D eigenvalue weighted by Gasteiger charge is 2.35. The lowest BCUT2D eigenvalue weighted by atomic mass is 10.0. The molecule has 1 saturated heterocycles. The number of amides is 3. The fraction of sp³-hybridized carbons (Fsp3) is 0.276. The van der Waals surface area contributed by atoms with E-state index in [-0.39, 0.29) is 30.7 Å². The first kappa shape index (κ1) is 27.5. The zero-order valence-corrected chi connectivity index (χ0v) is 22.7. The van der Waals surface area contributed by atoms with E-state index in [9.17, 15) is 14.4 Å². The van der Waals surface area contributed by atoms with E-state index in [0.29, 0.717) is 46.2 Å². The molecule has 0 spiro atoms. The first-order valence-electron chi connectivity index (χ1n) is 12.3. The second-order valence-corrected chi connectivity index (χ2v) is 10.3. The van der Waals surface area contributed by atoms with Crippen LogP contribution in [-0.2, 0) is 20.9 Å². The molecule has 1 aliphatic rings. The molecule has 2 N–H and O–H groups in total. The fourth-order valence-electron chi connectivity index (χ4n) is 4.13. The summed E-state index contributed by atoms with van der Waals surface area (Å²) in [4.78, 5) is 39.1. The number of nitrogens with zero attached hydrogens (tertiary/aromatic N) is 1. The van der Waals surface area contributed by atoms with Crippen LogP contribution in [0.15, 0.2) is 66.7 Å². The first-order valence-corrected chi connectivity index (χ1v) is 13.1. The van der Waals surface area contributed by atoms with Crippen LogP contribution in [0.2, 0.25) is 10.0 Å². The van der Waals surface area contributed by atoms with Gasteiger partial charge in [0.05, 0.1) is 16.0 Å². The predicted molar refractivity (Wildman–Crippen MR) is 150 cm³/mol. The minimum absolute atomic E-state index is 0.110. The molecule has 0 saturated carbocycles. The van der Waals surface area contributed by atoms with Crippen LogP contribution in [0, 0.1) is 5.92 Å². The lowest BCUT2D eigenvalue weighted by Gasteiger charge is -2.17. The third-order valence-electron chi connectivity index (χ3n) is 6.33. The summed E-state index contributed by atoms with van der Waals surface area (Å²) in [5.41, 5.74) is 3.45. The van der Waals surface area contributed by atoms with Crippen molar-refractivity contribution >= 4 is 52.3 Å². The smallest absolute Gasteiger partial charge is 0.262 e. The van der Waals surface area contributed by atoms with Crippen LogP contribution in [-0.4, -0.2) is 30.9 Å². The zero-order chi connectivity index (χ0) is 27.2. The molecule has 1 atom stereocenters. The van der Waals surface area contributed by atoms with Gasteiger partial charge in [-0.25, -0.2) is 0 Å². The number of carbonyl (C=O) groups is 3. The van der Waals surface area contributed by atoms with Gasteiger partial charge >= 0.3 is 0 Å². The summed E-state index contributed by atoms with van der Waals surface area (Å²) in [5, 5.41) is 6.38. The number of nitrogens with one attached hydrogen (secondary N) is 2. The molecule has 4 rings (SSSR count). The Kier molecular flexibility index (Phi) is 8.92.